The van der Waals surface area contributed by atoms with Crippen molar-refractivity contribution in [2.45, 2.75) is 52.1 Å². The van der Waals surface area contributed by atoms with Crippen LogP contribution in [0, 0.1) is 6.92 Å². The molecule has 1 atom stereocenters. The van der Waals surface area contributed by atoms with E-state index < -0.39 is 12.1 Å². The van der Waals surface area contributed by atoms with Gasteiger partial charge in [-0.15, -0.1) is 0 Å². The van der Waals surface area contributed by atoms with Crippen molar-refractivity contribution in [3.63, 3.8) is 0 Å². The van der Waals surface area contributed by atoms with E-state index in [9.17, 15) is 9.90 Å². The average Bonchev–Trinajstić information content (AvgIpc) is 3.26. The molecule has 0 aliphatic heterocycles. The van der Waals surface area contributed by atoms with E-state index in [-0.39, 0.29) is 36.0 Å². The second-order valence-electron chi connectivity index (χ2n) is 8.96. The molecule has 3 aromatic carbocycles. The molecule has 0 amide bonds. The van der Waals surface area contributed by atoms with Gasteiger partial charge >= 0.3 is 29.6 Å². The molecule has 180 valence electrons. The van der Waals surface area contributed by atoms with Gasteiger partial charge in [-0.2, -0.15) is 0 Å². The Morgan fingerprint density at radius 1 is 0.861 bits per heavy atom. The van der Waals surface area contributed by atoms with E-state index in [1.807, 2.05) is 54.6 Å². The Hall–Kier alpha value is -2.79. The predicted molar refractivity (Wildman–Crippen MR) is 139 cm³/mol. The smallest absolute Gasteiger partial charge is 0.546 e. The van der Waals surface area contributed by atoms with Gasteiger partial charge < -0.3 is 19.2 Å². The minimum absolute atomic E-state index is 0. The minimum atomic E-state index is -1.22. The first-order valence-electron chi connectivity index (χ1n) is 12.3. The summed E-state index contributed by atoms with van der Waals surface area (Å²) in [6.07, 6.45) is 4.03. The second kappa shape index (κ2) is 13.5. The first-order valence-corrected chi connectivity index (χ1v) is 12.3. The summed E-state index contributed by atoms with van der Waals surface area (Å²) in [7, 11) is 0. The van der Waals surface area contributed by atoms with Crippen LogP contribution < -0.4 is 39.4 Å². The summed E-state index contributed by atoms with van der Waals surface area (Å²) >= 11 is 0. The van der Waals surface area contributed by atoms with E-state index >= 15 is 0 Å². The molecule has 0 aliphatic rings. The van der Waals surface area contributed by atoms with Crippen LogP contribution in [0.15, 0.2) is 91.0 Å². The Morgan fingerprint density at radius 3 is 2.19 bits per heavy atom. The molecule has 4 nitrogen and oxygen atoms in total. The summed E-state index contributed by atoms with van der Waals surface area (Å²) in [4.78, 5) is 11.7. The van der Waals surface area contributed by atoms with Crippen molar-refractivity contribution in [2.75, 3.05) is 0 Å². The first-order chi connectivity index (χ1) is 17.0. The van der Waals surface area contributed by atoms with Gasteiger partial charge in [0.2, 0.25) is 0 Å². The fourth-order valence-corrected chi connectivity index (χ4v) is 4.37. The number of carboxylic acids is 1. The summed E-state index contributed by atoms with van der Waals surface area (Å²) in [6, 6.07) is 30.0. The molecule has 0 radical (unpaired) electrons. The Bertz CT molecular complexity index is 1230. The molecule has 0 aliphatic carbocycles. The van der Waals surface area contributed by atoms with Gasteiger partial charge in [-0.1, -0.05) is 62.2 Å². The van der Waals surface area contributed by atoms with Gasteiger partial charge in [0.25, 0.3) is 0 Å². The molecule has 36 heavy (non-hydrogen) atoms. The van der Waals surface area contributed by atoms with Gasteiger partial charge in [-0.05, 0) is 85.0 Å². The normalized spacial score (nSPS) is 11.5. The van der Waals surface area contributed by atoms with Crippen LogP contribution in [0.2, 0.25) is 0 Å². The molecule has 0 N–H and O–H groups in total. The molecule has 0 fully saturated rings. The van der Waals surface area contributed by atoms with Crippen molar-refractivity contribution in [3.8, 4) is 22.7 Å². The molecule has 1 heterocycles. The number of carboxylic acid groups (broad SMARTS) is 1. The summed E-state index contributed by atoms with van der Waals surface area (Å²) < 4.78 is 8.02. The van der Waals surface area contributed by atoms with Gasteiger partial charge in [0, 0.05) is 17.8 Å². The monoisotopic (exact) mass is 489 g/mol. The van der Waals surface area contributed by atoms with Crippen LogP contribution in [0.5, 0.6) is 5.75 Å². The van der Waals surface area contributed by atoms with Crippen molar-refractivity contribution in [1.29, 1.82) is 0 Å². The van der Waals surface area contributed by atoms with E-state index in [1.165, 1.54) is 24.8 Å². The zero-order valence-corrected chi connectivity index (χ0v) is 23.4. The van der Waals surface area contributed by atoms with E-state index in [2.05, 4.69) is 54.8 Å². The van der Waals surface area contributed by atoms with Crippen LogP contribution >= 0.6 is 0 Å². The Kier molecular flexibility index (Phi) is 10.4. The van der Waals surface area contributed by atoms with Crippen molar-refractivity contribution < 1.29 is 44.2 Å². The third-order valence-corrected chi connectivity index (χ3v) is 6.29. The fourth-order valence-electron chi connectivity index (χ4n) is 4.37. The van der Waals surface area contributed by atoms with E-state index in [0.29, 0.717) is 5.75 Å². The number of rotatable bonds is 11. The molecule has 1 aromatic heterocycles. The van der Waals surface area contributed by atoms with Crippen LogP contribution in [0.3, 0.4) is 0 Å². The first kappa shape index (κ1) is 27.8. The number of aryl methyl sites for hydroxylation is 2. The summed E-state index contributed by atoms with van der Waals surface area (Å²) in [5.41, 5.74) is 6.65. The Labute approximate surface area is 236 Å². The number of aromatic nitrogens is 1. The molecule has 5 heteroatoms. The molecule has 0 bridgehead atoms. The van der Waals surface area contributed by atoms with Crippen LogP contribution in [0.4, 0.5) is 0 Å². The maximum absolute atomic E-state index is 11.7. The Morgan fingerprint density at radius 2 is 1.56 bits per heavy atom. The number of unbranched alkanes of at least 4 members (excludes halogenated alkanes) is 2. The van der Waals surface area contributed by atoms with E-state index in [1.54, 1.807) is 0 Å². The third-order valence-electron chi connectivity index (χ3n) is 6.29. The predicted octanol–water partition coefficient (Wildman–Crippen LogP) is 2.93. The van der Waals surface area contributed by atoms with Crippen LogP contribution in [0.1, 0.15) is 43.0 Å². The molecular formula is C31H32NNaO3. The number of carbonyl (C=O) groups excluding carboxylic acids is 1. The summed E-state index contributed by atoms with van der Waals surface area (Å²) in [6.45, 7) is 4.33. The number of hydrogen-bond acceptors (Lipinski definition) is 3. The second-order valence-corrected chi connectivity index (χ2v) is 8.96. The van der Waals surface area contributed by atoms with Crippen molar-refractivity contribution in [3.05, 3.63) is 108 Å². The topological polar surface area (TPSA) is 54.3 Å². The molecular weight excluding hydrogens is 457 g/mol. The van der Waals surface area contributed by atoms with Crippen LogP contribution in [0.25, 0.3) is 16.9 Å². The molecule has 4 rings (SSSR count). The average molecular weight is 490 g/mol. The quantitative estimate of drug-likeness (QED) is 0.241. The Balaban J connectivity index is 0.00000361. The summed E-state index contributed by atoms with van der Waals surface area (Å²) in [5, 5.41) is 11.7. The van der Waals surface area contributed by atoms with Gasteiger partial charge in [0.05, 0.1) is 11.7 Å². The van der Waals surface area contributed by atoms with Crippen molar-refractivity contribution >= 4 is 5.97 Å². The van der Waals surface area contributed by atoms with Gasteiger partial charge in [0.1, 0.15) is 11.9 Å². The number of nitrogens with zero attached hydrogens (tertiary/aromatic N) is 1. The van der Waals surface area contributed by atoms with Crippen molar-refractivity contribution in [1.82, 2.24) is 4.57 Å². The van der Waals surface area contributed by atoms with Crippen molar-refractivity contribution in [2.24, 2.45) is 0 Å². The van der Waals surface area contributed by atoms with Gasteiger partial charge in [-0.25, -0.2) is 0 Å². The van der Waals surface area contributed by atoms with Crippen LogP contribution in [-0.2, 0) is 17.6 Å². The molecule has 0 unspecified atom stereocenters. The SMILES string of the molecule is CCCCCc1ccc(-n2c(C)ccc2-c2ccc(O[C@H](Cc3ccccc3)C(=O)[O-])cc2)cc1.[Na+]. The number of ether oxygens (including phenoxy) is 1. The van der Waals surface area contributed by atoms with E-state index in [0.717, 1.165) is 34.6 Å². The maximum Gasteiger partial charge on any atom is 1.00 e. The summed E-state index contributed by atoms with van der Waals surface area (Å²) in [5.74, 6) is -0.717. The molecule has 0 saturated heterocycles. The third kappa shape index (κ3) is 7.13. The molecule has 0 spiro atoms. The maximum atomic E-state index is 11.7. The van der Waals surface area contributed by atoms with E-state index in [4.69, 9.17) is 4.74 Å². The zero-order chi connectivity index (χ0) is 24.6. The standard InChI is InChI=1S/C31H33NO3.Na/c1-3-4-6-9-24-13-17-27(18-14-24)32-23(2)12-21-29(32)26-15-19-28(20-16-26)35-30(31(33)34)22-25-10-7-5-8-11-25;/h5,7-8,10-21,30H,3-4,6,9,22H2,1-2H3,(H,33,34);/q;+1/p-1/t30-;/m1./s1. The molecule has 4 aromatic rings. The van der Waals surface area contributed by atoms with Gasteiger partial charge in [0.15, 0.2) is 0 Å². The number of carbonyl (C=O) groups is 1. The fraction of sp³-hybridized carbons (Fsp3) is 0.258. The number of aliphatic carboxylic acids is 1. The van der Waals surface area contributed by atoms with Crippen LogP contribution in [-0.4, -0.2) is 16.6 Å². The zero-order valence-electron chi connectivity index (χ0n) is 21.4. The largest absolute Gasteiger partial charge is 1.00 e. The van der Waals surface area contributed by atoms with Gasteiger partial charge in [-0.3, -0.25) is 0 Å². The minimum Gasteiger partial charge on any atom is -0.546 e. The molecule has 0 saturated carbocycles. The number of hydrogen-bond donors (Lipinski definition) is 0. The number of benzene rings is 3.